The predicted molar refractivity (Wildman–Crippen MR) is 159 cm³/mol. The number of carbonyl (C=O) groups excluding carboxylic acids is 2. The number of nitrogens with zero attached hydrogens (tertiary/aromatic N) is 2. The summed E-state index contributed by atoms with van der Waals surface area (Å²) in [5.41, 5.74) is 0.262. The van der Waals surface area contributed by atoms with E-state index in [1.54, 1.807) is 48.0 Å². The monoisotopic (exact) mass is 602 g/mol. The minimum absolute atomic E-state index is 0.0117. The van der Waals surface area contributed by atoms with Crippen LogP contribution in [-0.2, 0) is 10.0 Å². The first-order chi connectivity index (χ1) is 20.0. The molecule has 1 saturated carbocycles. The third kappa shape index (κ3) is 7.27. The summed E-state index contributed by atoms with van der Waals surface area (Å²) in [5, 5.41) is 13.0. The van der Waals surface area contributed by atoms with Gasteiger partial charge in [0.2, 0.25) is 0 Å². The van der Waals surface area contributed by atoms with Crippen molar-refractivity contribution in [3.63, 3.8) is 0 Å². The Morgan fingerprint density at radius 2 is 1.86 bits per heavy atom. The van der Waals surface area contributed by atoms with Gasteiger partial charge in [-0.3, -0.25) is 9.52 Å². The average Bonchev–Trinajstić information content (AvgIpc) is 2.99. The predicted octanol–water partition coefficient (Wildman–Crippen LogP) is 3.69. The third-order valence-electron chi connectivity index (χ3n) is 8.04. The van der Waals surface area contributed by atoms with Gasteiger partial charge in [0.25, 0.3) is 15.9 Å². The van der Waals surface area contributed by atoms with Crippen LogP contribution in [0, 0.1) is 5.92 Å². The van der Waals surface area contributed by atoms with Gasteiger partial charge in [-0.25, -0.2) is 13.2 Å². The number of fused-ring (bicyclic) bond motifs is 1. The van der Waals surface area contributed by atoms with Gasteiger partial charge in [0, 0.05) is 25.6 Å². The van der Waals surface area contributed by atoms with Crippen molar-refractivity contribution < 1.29 is 32.6 Å². The topological polar surface area (TPSA) is 138 Å². The van der Waals surface area contributed by atoms with Gasteiger partial charge in [-0.05, 0) is 56.2 Å². The van der Waals surface area contributed by atoms with Crippen LogP contribution in [0.4, 0.5) is 10.5 Å². The van der Waals surface area contributed by atoms with Gasteiger partial charge in [-0.1, -0.05) is 32.3 Å². The van der Waals surface area contributed by atoms with Gasteiger partial charge in [0.1, 0.15) is 11.9 Å². The Labute approximate surface area is 248 Å². The van der Waals surface area contributed by atoms with Gasteiger partial charge in [0.05, 0.1) is 42.4 Å². The summed E-state index contributed by atoms with van der Waals surface area (Å²) in [7, 11) is -0.860. The number of hydrogen-bond donors (Lipinski definition) is 3. The van der Waals surface area contributed by atoms with Gasteiger partial charge < -0.3 is 29.7 Å². The zero-order chi connectivity index (χ0) is 30.4. The maximum absolute atomic E-state index is 13.7. The lowest BCUT2D eigenvalue weighted by molar-refractivity contribution is 0.0368. The Hall–Kier alpha value is -3.51. The largest absolute Gasteiger partial charge is 0.497 e. The van der Waals surface area contributed by atoms with Crippen molar-refractivity contribution in [1.29, 1.82) is 0 Å². The van der Waals surface area contributed by atoms with E-state index in [4.69, 9.17) is 9.47 Å². The lowest BCUT2D eigenvalue weighted by atomic mass is 9.96. The van der Waals surface area contributed by atoms with Crippen LogP contribution >= 0.6 is 0 Å². The van der Waals surface area contributed by atoms with Crippen molar-refractivity contribution in [1.82, 2.24) is 15.1 Å². The minimum Gasteiger partial charge on any atom is -0.497 e. The number of para-hydroxylation sites is 1. The van der Waals surface area contributed by atoms with Crippen LogP contribution in [0.25, 0.3) is 0 Å². The normalized spacial score (nSPS) is 20.4. The fourth-order valence-corrected chi connectivity index (χ4v) is 6.45. The number of methoxy groups -OCH3 is 1. The van der Waals surface area contributed by atoms with Crippen LogP contribution < -0.4 is 19.5 Å². The summed E-state index contributed by atoms with van der Waals surface area (Å²) in [5.74, 6) is -0.0512. The molecule has 3 atom stereocenters. The quantitative estimate of drug-likeness (QED) is 0.398. The van der Waals surface area contributed by atoms with Gasteiger partial charge in [-0.15, -0.1) is 0 Å². The summed E-state index contributed by atoms with van der Waals surface area (Å²) in [6.45, 7) is 3.91. The number of benzene rings is 2. The lowest BCUT2D eigenvalue weighted by Gasteiger charge is -2.38. The second kappa shape index (κ2) is 13.6. The van der Waals surface area contributed by atoms with Crippen molar-refractivity contribution >= 4 is 27.6 Å². The molecule has 1 heterocycles. The molecule has 2 aromatic carbocycles. The van der Waals surface area contributed by atoms with Crippen molar-refractivity contribution in [3.05, 3.63) is 48.0 Å². The molecular formula is C30H42N4O7S. The van der Waals surface area contributed by atoms with E-state index in [2.05, 4.69) is 10.0 Å². The van der Waals surface area contributed by atoms with E-state index in [-0.39, 0.29) is 65.5 Å². The Morgan fingerprint density at radius 1 is 1.17 bits per heavy atom. The van der Waals surface area contributed by atoms with Gasteiger partial charge in [0.15, 0.2) is 5.75 Å². The highest BCUT2D eigenvalue weighted by atomic mass is 32.2. The second-order valence-electron chi connectivity index (χ2n) is 11.3. The molecule has 12 heteroatoms. The average molecular weight is 603 g/mol. The number of anilines is 1. The minimum atomic E-state index is -4.05. The number of likely N-dealkylation sites (N-methyl/N-ethyl adjacent to an activating group) is 1. The van der Waals surface area contributed by atoms with E-state index in [9.17, 15) is 23.1 Å². The number of amides is 3. The summed E-state index contributed by atoms with van der Waals surface area (Å²) < 4.78 is 40.9. The molecule has 0 unspecified atom stereocenters. The number of rotatable bonds is 9. The molecule has 1 fully saturated rings. The van der Waals surface area contributed by atoms with Crippen molar-refractivity contribution in [2.75, 3.05) is 38.6 Å². The zero-order valence-corrected chi connectivity index (χ0v) is 25.5. The maximum atomic E-state index is 13.7. The second-order valence-corrected chi connectivity index (χ2v) is 12.9. The number of nitrogens with one attached hydrogen (secondary N) is 2. The highest BCUT2D eigenvalue weighted by molar-refractivity contribution is 7.92. The molecule has 3 amide bonds. The molecule has 0 radical (unpaired) electrons. The van der Waals surface area contributed by atoms with Crippen LogP contribution in [0.5, 0.6) is 11.5 Å². The first-order valence-electron chi connectivity index (χ1n) is 14.4. The molecule has 2 aromatic rings. The number of aliphatic hydroxyl groups is 1. The van der Waals surface area contributed by atoms with E-state index >= 15 is 0 Å². The molecule has 2 aliphatic rings. The van der Waals surface area contributed by atoms with Gasteiger partial charge in [-0.2, -0.15) is 0 Å². The molecule has 1 aliphatic heterocycles. The van der Waals surface area contributed by atoms with Crippen molar-refractivity contribution in [2.45, 2.75) is 69.0 Å². The Morgan fingerprint density at radius 3 is 2.50 bits per heavy atom. The summed E-state index contributed by atoms with van der Waals surface area (Å²) in [4.78, 5) is 30.0. The molecular weight excluding hydrogens is 560 g/mol. The van der Waals surface area contributed by atoms with Crippen molar-refractivity contribution in [2.24, 2.45) is 5.92 Å². The Kier molecular flexibility index (Phi) is 10.2. The van der Waals surface area contributed by atoms with E-state index in [0.29, 0.717) is 5.75 Å². The molecule has 3 N–H and O–H groups in total. The standard InChI is InChI=1S/C30H42N4O7S/c1-20-17-34(21(2)19-35)29(36)25-11-8-12-26(32-42(38,39)24-15-13-23(40-4)14-16-24)28(25)41-27(20)18-33(3)30(37)31-22-9-6-5-7-10-22/h8,11-16,20-22,27,32,35H,5-7,9-10,17-19H2,1-4H3,(H,31,37)/t20-,21-,27-/m1/s1. The lowest BCUT2D eigenvalue weighted by Crippen LogP contribution is -2.52. The SMILES string of the molecule is COc1ccc(S(=O)(=O)Nc2cccc3c2O[C@H](CN(C)C(=O)NC2CCCCC2)[C@H](C)CN([C@H](C)CO)C3=O)cc1. The molecule has 1 aliphatic carbocycles. The van der Waals surface area contributed by atoms with E-state index < -0.39 is 22.2 Å². The zero-order valence-electron chi connectivity index (χ0n) is 24.7. The number of ether oxygens (including phenoxy) is 2. The molecule has 0 aromatic heterocycles. The fraction of sp³-hybridized carbons (Fsp3) is 0.533. The van der Waals surface area contributed by atoms with Crippen LogP contribution in [0.15, 0.2) is 47.4 Å². The Balaban J connectivity index is 1.66. The fourth-order valence-electron chi connectivity index (χ4n) is 5.38. The van der Waals surface area contributed by atoms with E-state index in [1.165, 1.54) is 31.7 Å². The number of hydrogen-bond acceptors (Lipinski definition) is 7. The Bertz CT molecular complexity index is 1350. The number of sulfonamides is 1. The smallest absolute Gasteiger partial charge is 0.317 e. The van der Waals surface area contributed by atoms with Crippen LogP contribution in [0.1, 0.15) is 56.3 Å². The molecule has 11 nitrogen and oxygen atoms in total. The first kappa shape index (κ1) is 31.4. The van der Waals surface area contributed by atoms with Gasteiger partial charge >= 0.3 is 6.03 Å². The molecule has 230 valence electrons. The molecule has 0 bridgehead atoms. The molecule has 4 rings (SSSR count). The van der Waals surface area contributed by atoms with E-state index in [1.807, 2.05) is 6.92 Å². The van der Waals surface area contributed by atoms with Crippen LogP contribution in [-0.4, -0.2) is 87.3 Å². The van der Waals surface area contributed by atoms with Crippen molar-refractivity contribution in [3.8, 4) is 11.5 Å². The first-order valence-corrected chi connectivity index (χ1v) is 15.9. The summed E-state index contributed by atoms with van der Waals surface area (Å²) >= 11 is 0. The number of urea groups is 1. The molecule has 42 heavy (non-hydrogen) atoms. The van der Waals surface area contributed by atoms with Crippen LogP contribution in [0.3, 0.4) is 0 Å². The third-order valence-corrected chi connectivity index (χ3v) is 9.42. The highest BCUT2D eigenvalue weighted by Gasteiger charge is 2.35. The molecule has 0 saturated heterocycles. The molecule has 0 spiro atoms. The maximum Gasteiger partial charge on any atom is 0.317 e. The van der Waals surface area contributed by atoms with Crippen LogP contribution in [0.2, 0.25) is 0 Å². The van der Waals surface area contributed by atoms with E-state index in [0.717, 1.165) is 25.7 Å². The summed E-state index contributed by atoms with van der Waals surface area (Å²) in [6.07, 6.45) is 4.70. The number of aliphatic hydroxyl groups excluding tert-OH is 1. The highest BCUT2D eigenvalue weighted by Crippen LogP contribution is 2.36. The summed E-state index contributed by atoms with van der Waals surface area (Å²) in [6, 6.07) is 10.1. The number of carbonyl (C=O) groups is 2.